The Morgan fingerprint density at radius 2 is 2.04 bits per heavy atom. The second-order valence-electron chi connectivity index (χ2n) is 6.96. The maximum Gasteiger partial charge on any atom is 0.193 e. The van der Waals surface area contributed by atoms with Crippen LogP contribution in [0.25, 0.3) is 0 Å². The van der Waals surface area contributed by atoms with Gasteiger partial charge in [0, 0.05) is 45.8 Å². The van der Waals surface area contributed by atoms with Gasteiger partial charge in [-0.05, 0) is 39.3 Å². The van der Waals surface area contributed by atoms with Gasteiger partial charge in [-0.3, -0.25) is 4.99 Å². The molecule has 0 bridgehead atoms. The van der Waals surface area contributed by atoms with E-state index in [1.54, 1.807) is 7.11 Å². The molecule has 0 aromatic heterocycles. The molecular formula is C17H35IN4O2. The predicted octanol–water partition coefficient (Wildman–Crippen LogP) is 1.50. The lowest BCUT2D eigenvalue weighted by Crippen LogP contribution is -2.47. The molecule has 0 radical (unpaired) electrons. The van der Waals surface area contributed by atoms with Crippen LogP contribution in [0, 0.1) is 11.8 Å². The van der Waals surface area contributed by atoms with Crippen LogP contribution in [0.4, 0.5) is 0 Å². The summed E-state index contributed by atoms with van der Waals surface area (Å²) >= 11 is 0. The zero-order valence-electron chi connectivity index (χ0n) is 15.7. The van der Waals surface area contributed by atoms with Crippen LogP contribution in [0.2, 0.25) is 0 Å². The van der Waals surface area contributed by atoms with E-state index in [1.807, 2.05) is 7.05 Å². The molecule has 1 saturated heterocycles. The van der Waals surface area contributed by atoms with Crippen molar-refractivity contribution < 1.29 is 9.47 Å². The van der Waals surface area contributed by atoms with Crippen molar-refractivity contribution in [3.63, 3.8) is 0 Å². The van der Waals surface area contributed by atoms with Crippen molar-refractivity contribution in [2.45, 2.75) is 25.3 Å². The van der Waals surface area contributed by atoms with Crippen molar-refractivity contribution in [2.75, 3.05) is 67.7 Å². The topological polar surface area (TPSA) is 49.3 Å². The van der Waals surface area contributed by atoms with E-state index in [-0.39, 0.29) is 24.0 Å². The van der Waals surface area contributed by atoms with Crippen LogP contribution in [0.15, 0.2) is 4.99 Å². The normalized spacial score (nSPS) is 22.6. The first-order chi connectivity index (χ1) is 11.2. The van der Waals surface area contributed by atoms with Gasteiger partial charge in [0.25, 0.3) is 0 Å². The van der Waals surface area contributed by atoms with Gasteiger partial charge >= 0.3 is 0 Å². The van der Waals surface area contributed by atoms with E-state index in [2.05, 4.69) is 34.2 Å². The Morgan fingerprint density at radius 3 is 2.62 bits per heavy atom. The second kappa shape index (κ2) is 11.5. The molecule has 1 aliphatic heterocycles. The Hall–Kier alpha value is -0.120. The standard InChI is InChI=1S/C17H34N4O2.HI/c1-18-17(19-11-16(20(2)3)15-5-6-15)21-8-7-14(12-21)13-23-10-9-22-4;/h14-16H,5-13H2,1-4H3,(H,18,19);1H. The molecule has 2 aliphatic rings. The summed E-state index contributed by atoms with van der Waals surface area (Å²) in [5, 5.41) is 3.58. The SMILES string of the molecule is CN=C(NCC(C1CC1)N(C)C)N1CCC(COCCOC)C1.I. The van der Waals surface area contributed by atoms with Gasteiger partial charge in [-0.1, -0.05) is 0 Å². The minimum absolute atomic E-state index is 0. The van der Waals surface area contributed by atoms with Gasteiger partial charge in [-0.25, -0.2) is 0 Å². The molecule has 2 unspecified atom stereocenters. The Labute approximate surface area is 164 Å². The first kappa shape index (κ1) is 21.9. The maximum absolute atomic E-state index is 5.67. The molecule has 2 fully saturated rings. The third-order valence-corrected chi connectivity index (χ3v) is 4.88. The van der Waals surface area contributed by atoms with E-state index in [1.165, 1.54) is 19.3 Å². The van der Waals surface area contributed by atoms with Crippen LogP contribution in [0.1, 0.15) is 19.3 Å². The van der Waals surface area contributed by atoms with Gasteiger partial charge in [-0.15, -0.1) is 24.0 Å². The van der Waals surface area contributed by atoms with E-state index < -0.39 is 0 Å². The highest BCUT2D eigenvalue weighted by molar-refractivity contribution is 14.0. The zero-order valence-corrected chi connectivity index (χ0v) is 18.0. The number of aliphatic imine (C=N–C) groups is 1. The Balaban J connectivity index is 0.00000288. The quantitative estimate of drug-likeness (QED) is 0.248. The summed E-state index contributed by atoms with van der Waals surface area (Å²) < 4.78 is 10.7. The summed E-state index contributed by atoms with van der Waals surface area (Å²) in [6.45, 7) is 5.25. The van der Waals surface area contributed by atoms with Crippen LogP contribution >= 0.6 is 24.0 Å². The van der Waals surface area contributed by atoms with Crippen molar-refractivity contribution in [1.29, 1.82) is 0 Å². The number of methoxy groups -OCH3 is 1. The predicted molar refractivity (Wildman–Crippen MR) is 109 cm³/mol. The number of hydrogen-bond donors (Lipinski definition) is 1. The van der Waals surface area contributed by atoms with Crippen LogP contribution < -0.4 is 5.32 Å². The fraction of sp³-hybridized carbons (Fsp3) is 0.941. The number of guanidine groups is 1. The summed E-state index contributed by atoms with van der Waals surface area (Å²) in [6, 6.07) is 0.613. The summed E-state index contributed by atoms with van der Waals surface area (Å²) in [7, 11) is 7.94. The Kier molecular flexibility index (Phi) is 10.5. The first-order valence-electron chi connectivity index (χ1n) is 8.84. The highest BCUT2D eigenvalue weighted by Crippen LogP contribution is 2.34. The molecule has 1 heterocycles. The first-order valence-corrected chi connectivity index (χ1v) is 8.84. The molecule has 1 aliphatic carbocycles. The van der Waals surface area contributed by atoms with E-state index in [0.29, 0.717) is 25.2 Å². The number of nitrogens with zero attached hydrogens (tertiary/aromatic N) is 3. The van der Waals surface area contributed by atoms with Gasteiger partial charge < -0.3 is 24.6 Å². The second-order valence-corrected chi connectivity index (χ2v) is 6.96. The zero-order chi connectivity index (χ0) is 16.7. The third-order valence-electron chi connectivity index (χ3n) is 4.88. The number of hydrogen-bond acceptors (Lipinski definition) is 4. The average molecular weight is 454 g/mol. The van der Waals surface area contributed by atoms with Gasteiger partial charge in [-0.2, -0.15) is 0 Å². The molecule has 0 spiro atoms. The van der Waals surface area contributed by atoms with Crippen molar-refractivity contribution >= 4 is 29.9 Å². The average Bonchev–Trinajstić information content (AvgIpc) is 3.26. The van der Waals surface area contributed by atoms with Crippen LogP contribution in [-0.4, -0.2) is 89.5 Å². The van der Waals surface area contributed by atoms with E-state index in [0.717, 1.165) is 38.1 Å². The molecule has 0 aromatic rings. The highest BCUT2D eigenvalue weighted by atomic mass is 127. The van der Waals surface area contributed by atoms with Gasteiger partial charge in [0.05, 0.1) is 19.8 Å². The fourth-order valence-corrected chi connectivity index (χ4v) is 3.33. The number of ether oxygens (including phenoxy) is 2. The maximum atomic E-state index is 5.67. The lowest BCUT2D eigenvalue weighted by molar-refractivity contribution is 0.0536. The van der Waals surface area contributed by atoms with Crippen molar-refractivity contribution in [3.05, 3.63) is 0 Å². The smallest absolute Gasteiger partial charge is 0.193 e. The van der Waals surface area contributed by atoms with Gasteiger partial charge in [0.2, 0.25) is 0 Å². The molecule has 1 saturated carbocycles. The number of rotatable bonds is 9. The summed E-state index contributed by atoms with van der Waals surface area (Å²) in [4.78, 5) is 9.18. The largest absolute Gasteiger partial charge is 0.382 e. The van der Waals surface area contributed by atoms with Crippen molar-refractivity contribution in [2.24, 2.45) is 16.8 Å². The minimum Gasteiger partial charge on any atom is -0.382 e. The highest BCUT2D eigenvalue weighted by Gasteiger charge is 2.33. The van der Waals surface area contributed by atoms with Crippen LogP contribution in [-0.2, 0) is 9.47 Å². The third kappa shape index (κ3) is 7.01. The molecule has 142 valence electrons. The molecule has 6 nitrogen and oxygen atoms in total. The molecule has 1 N–H and O–H groups in total. The number of halogens is 1. The monoisotopic (exact) mass is 454 g/mol. The van der Waals surface area contributed by atoms with E-state index >= 15 is 0 Å². The fourth-order valence-electron chi connectivity index (χ4n) is 3.33. The molecule has 2 atom stereocenters. The molecule has 24 heavy (non-hydrogen) atoms. The minimum atomic E-state index is 0. The molecular weight excluding hydrogens is 419 g/mol. The van der Waals surface area contributed by atoms with E-state index in [4.69, 9.17) is 9.47 Å². The number of likely N-dealkylation sites (tertiary alicyclic amines) is 1. The lowest BCUT2D eigenvalue weighted by Gasteiger charge is -2.28. The van der Waals surface area contributed by atoms with Gasteiger partial charge in [0.15, 0.2) is 5.96 Å². The Bertz CT molecular complexity index is 376. The molecule has 0 aromatic carbocycles. The van der Waals surface area contributed by atoms with Crippen molar-refractivity contribution in [3.8, 4) is 0 Å². The van der Waals surface area contributed by atoms with Crippen LogP contribution in [0.3, 0.4) is 0 Å². The summed E-state index contributed by atoms with van der Waals surface area (Å²) in [6.07, 6.45) is 3.91. The van der Waals surface area contributed by atoms with Gasteiger partial charge in [0.1, 0.15) is 0 Å². The molecule has 0 amide bonds. The Morgan fingerprint density at radius 1 is 1.29 bits per heavy atom. The molecule has 2 rings (SSSR count). The number of likely N-dealkylation sites (N-methyl/N-ethyl adjacent to an activating group) is 1. The van der Waals surface area contributed by atoms with E-state index in [9.17, 15) is 0 Å². The summed E-state index contributed by atoms with van der Waals surface area (Å²) in [5.74, 6) is 2.49. The lowest BCUT2D eigenvalue weighted by atomic mass is 10.1. The van der Waals surface area contributed by atoms with Crippen molar-refractivity contribution in [1.82, 2.24) is 15.1 Å². The molecule has 7 heteroatoms. The summed E-state index contributed by atoms with van der Waals surface area (Å²) in [5.41, 5.74) is 0. The number of nitrogens with one attached hydrogen (secondary N) is 1. The van der Waals surface area contributed by atoms with Crippen LogP contribution in [0.5, 0.6) is 0 Å².